The third kappa shape index (κ3) is 3.26. The van der Waals surface area contributed by atoms with Crippen molar-refractivity contribution in [2.75, 3.05) is 6.54 Å². The molecule has 0 saturated heterocycles. The molecule has 0 aromatic heterocycles. The maximum Gasteiger partial charge on any atom is 0.147 e. The van der Waals surface area contributed by atoms with Crippen LogP contribution in [-0.4, -0.2) is 11.7 Å². The molecule has 2 nitrogen and oxygen atoms in total. The average molecular weight is 308 g/mol. The number of halogens is 2. The van der Waals surface area contributed by atoms with Gasteiger partial charge in [-0.25, -0.2) is 4.39 Å². The van der Waals surface area contributed by atoms with E-state index in [1.54, 1.807) is 6.07 Å². The van der Waals surface area contributed by atoms with Gasteiger partial charge in [-0.15, -0.1) is 0 Å². The van der Waals surface area contributed by atoms with Crippen molar-refractivity contribution in [1.29, 1.82) is 0 Å². The predicted molar refractivity (Wildman–Crippen MR) is 84.1 cm³/mol. The van der Waals surface area contributed by atoms with Gasteiger partial charge in [0.05, 0.1) is 11.1 Å². The highest BCUT2D eigenvalue weighted by molar-refractivity contribution is 6.30. The Morgan fingerprint density at radius 3 is 2.52 bits per heavy atom. The van der Waals surface area contributed by atoms with E-state index in [1.807, 2.05) is 32.0 Å². The van der Waals surface area contributed by atoms with Gasteiger partial charge in [-0.05, 0) is 36.6 Å². The van der Waals surface area contributed by atoms with Gasteiger partial charge in [-0.1, -0.05) is 41.9 Å². The molecule has 0 amide bonds. The molecule has 2 aromatic rings. The first-order valence-corrected chi connectivity index (χ1v) is 7.22. The van der Waals surface area contributed by atoms with E-state index in [1.165, 1.54) is 12.1 Å². The summed E-state index contributed by atoms with van der Waals surface area (Å²) in [6, 6.07) is 10.5. The first-order chi connectivity index (χ1) is 9.95. The second-order valence-electron chi connectivity index (χ2n) is 5.27. The average Bonchev–Trinajstić information content (AvgIpc) is 2.46. The zero-order chi connectivity index (χ0) is 15.6. The Hall–Kier alpha value is -1.42. The highest BCUT2D eigenvalue weighted by Gasteiger charge is 2.25. The fourth-order valence-electron chi connectivity index (χ4n) is 2.41. The van der Waals surface area contributed by atoms with E-state index in [0.29, 0.717) is 0 Å². The Balaban J connectivity index is 2.40. The van der Waals surface area contributed by atoms with Gasteiger partial charge >= 0.3 is 0 Å². The fourth-order valence-corrected chi connectivity index (χ4v) is 2.59. The lowest BCUT2D eigenvalue weighted by Gasteiger charge is -2.23. The number of hydrogen-bond donors (Lipinski definition) is 2. The van der Waals surface area contributed by atoms with E-state index in [-0.39, 0.29) is 23.0 Å². The summed E-state index contributed by atoms with van der Waals surface area (Å²) in [5.74, 6) is -0.966. The highest BCUT2D eigenvalue weighted by atomic mass is 35.5. The summed E-state index contributed by atoms with van der Waals surface area (Å²) in [5, 5.41) is 10.5. The molecule has 2 atom stereocenters. The van der Waals surface area contributed by atoms with Crippen LogP contribution < -0.4 is 5.73 Å². The predicted octanol–water partition coefficient (Wildman–Crippen LogP) is 3.87. The minimum Gasteiger partial charge on any atom is -0.388 e. The molecule has 3 N–H and O–H groups in total. The number of aliphatic hydroxyl groups excluding tert-OH is 1. The van der Waals surface area contributed by atoms with Crippen molar-refractivity contribution in [2.45, 2.75) is 25.9 Å². The first-order valence-electron chi connectivity index (χ1n) is 6.85. The molecule has 2 unspecified atom stereocenters. The maximum absolute atomic E-state index is 14.1. The molecule has 0 fully saturated rings. The third-order valence-electron chi connectivity index (χ3n) is 3.89. The van der Waals surface area contributed by atoms with Crippen LogP contribution in [0.15, 0.2) is 36.4 Å². The SMILES string of the molecule is Cc1ccc(C(CN)C(O)c2cccc(Cl)c2F)cc1C. The van der Waals surface area contributed by atoms with Gasteiger partial charge in [0.15, 0.2) is 0 Å². The molecule has 0 saturated carbocycles. The van der Waals surface area contributed by atoms with Crippen LogP contribution in [0.5, 0.6) is 0 Å². The molecular formula is C17H19ClFNO. The number of aliphatic hydroxyl groups is 1. The molecule has 0 heterocycles. The van der Waals surface area contributed by atoms with Crippen molar-refractivity contribution in [3.8, 4) is 0 Å². The van der Waals surface area contributed by atoms with Gasteiger partial charge in [0, 0.05) is 18.0 Å². The van der Waals surface area contributed by atoms with E-state index < -0.39 is 11.9 Å². The van der Waals surface area contributed by atoms with Gasteiger partial charge in [-0.3, -0.25) is 0 Å². The summed E-state index contributed by atoms with van der Waals surface area (Å²) in [5.41, 5.74) is 9.16. The number of hydrogen-bond acceptors (Lipinski definition) is 2. The second kappa shape index (κ2) is 6.56. The maximum atomic E-state index is 14.1. The molecular weight excluding hydrogens is 289 g/mol. The quantitative estimate of drug-likeness (QED) is 0.900. The largest absolute Gasteiger partial charge is 0.388 e. The van der Waals surface area contributed by atoms with Crippen LogP contribution in [0, 0.1) is 19.7 Å². The van der Waals surface area contributed by atoms with Gasteiger partial charge in [0.2, 0.25) is 0 Å². The topological polar surface area (TPSA) is 46.2 Å². The van der Waals surface area contributed by atoms with Crippen molar-refractivity contribution >= 4 is 11.6 Å². The van der Waals surface area contributed by atoms with Crippen molar-refractivity contribution in [3.63, 3.8) is 0 Å². The third-order valence-corrected chi connectivity index (χ3v) is 4.19. The van der Waals surface area contributed by atoms with E-state index in [0.717, 1.165) is 16.7 Å². The first kappa shape index (κ1) is 16.0. The summed E-state index contributed by atoms with van der Waals surface area (Å²) in [6.45, 7) is 4.23. The molecule has 0 aliphatic rings. The molecule has 0 bridgehead atoms. The second-order valence-corrected chi connectivity index (χ2v) is 5.68. The molecule has 4 heteroatoms. The van der Waals surface area contributed by atoms with Gasteiger partial charge in [0.1, 0.15) is 5.82 Å². The normalized spacial score (nSPS) is 14.0. The van der Waals surface area contributed by atoms with E-state index >= 15 is 0 Å². The van der Waals surface area contributed by atoms with Crippen molar-refractivity contribution < 1.29 is 9.50 Å². The molecule has 0 aliphatic carbocycles. The zero-order valence-corrected chi connectivity index (χ0v) is 12.9. The number of rotatable bonds is 4. The van der Waals surface area contributed by atoms with Crippen LogP contribution in [0.2, 0.25) is 5.02 Å². The summed E-state index contributed by atoms with van der Waals surface area (Å²) in [7, 11) is 0. The number of aryl methyl sites for hydroxylation is 2. The summed E-state index contributed by atoms with van der Waals surface area (Å²) in [4.78, 5) is 0. The smallest absolute Gasteiger partial charge is 0.147 e. The Labute approximate surface area is 129 Å². The van der Waals surface area contributed by atoms with Gasteiger partial charge in [-0.2, -0.15) is 0 Å². The molecule has 0 spiro atoms. The van der Waals surface area contributed by atoms with Crippen LogP contribution in [0.25, 0.3) is 0 Å². The van der Waals surface area contributed by atoms with Crippen LogP contribution in [0.1, 0.15) is 34.3 Å². The standard InChI is InChI=1S/C17H19ClFNO/c1-10-6-7-12(8-11(10)2)14(9-20)17(21)13-4-3-5-15(18)16(13)19/h3-8,14,17,21H,9,20H2,1-2H3. The van der Waals surface area contributed by atoms with Crippen LogP contribution in [0.4, 0.5) is 4.39 Å². The lowest BCUT2D eigenvalue weighted by Crippen LogP contribution is -2.21. The summed E-state index contributed by atoms with van der Waals surface area (Å²) in [6.07, 6.45) is -1.03. The Morgan fingerprint density at radius 2 is 1.90 bits per heavy atom. The lowest BCUT2D eigenvalue weighted by atomic mass is 9.87. The molecule has 112 valence electrons. The van der Waals surface area contributed by atoms with Crippen LogP contribution in [-0.2, 0) is 0 Å². The van der Waals surface area contributed by atoms with Crippen molar-refractivity contribution in [2.24, 2.45) is 5.73 Å². The number of nitrogens with two attached hydrogens (primary N) is 1. The molecule has 0 aliphatic heterocycles. The molecule has 21 heavy (non-hydrogen) atoms. The molecule has 2 aromatic carbocycles. The van der Waals surface area contributed by atoms with Crippen molar-refractivity contribution in [3.05, 3.63) is 69.5 Å². The Kier molecular flexibility index (Phi) is 4.99. The number of benzene rings is 2. The van der Waals surface area contributed by atoms with E-state index in [2.05, 4.69) is 0 Å². The van der Waals surface area contributed by atoms with Crippen LogP contribution in [0.3, 0.4) is 0 Å². The summed E-state index contributed by atoms with van der Waals surface area (Å²) >= 11 is 5.78. The lowest BCUT2D eigenvalue weighted by molar-refractivity contribution is 0.143. The van der Waals surface area contributed by atoms with E-state index in [4.69, 9.17) is 17.3 Å². The minimum absolute atomic E-state index is 0.00223. The van der Waals surface area contributed by atoms with Gasteiger partial charge in [0.25, 0.3) is 0 Å². The summed E-state index contributed by atoms with van der Waals surface area (Å²) < 4.78 is 14.1. The zero-order valence-electron chi connectivity index (χ0n) is 12.1. The van der Waals surface area contributed by atoms with Gasteiger partial charge < -0.3 is 10.8 Å². The monoisotopic (exact) mass is 307 g/mol. The Morgan fingerprint density at radius 1 is 1.19 bits per heavy atom. The fraction of sp³-hybridized carbons (Fsp3) is 0.294. The van der Waals surface area contributed by atoms with Crippen molar-refractivity contribution in [1.82, 2.24) is 0 Å². The highest BCUT2D eigenvalue weighted by Crippen LogP contribution is 2.34. The van der Waals surface area contributed by atoms with E-state index in [9.17, 15) is 9.50 Å². The molecule has 2 rings (SSSR count). The Bertz CT molecular complexity index is 645. The minimum atomic E-state index is -1.03. The van der Waals surface area contributed by atoms with Crippen LogP contribution >= 0.6 is 11.6 Å². The molecule has 0 radical (unpaired) electrons.